The van der Waals surface area contributed by atoms with Crippen molar-refractivity contribution in [2.24, 2.45) is 5.92 Å². The number of aliphatic hydroxyl groups excluding tert-OH is 1. The van der Waals surface area contributed by atoms with Crippen molar-refractivity contribution in [3.63, 3.8) is 0 Å². The van der Waals surface area contributed by atoms with Gasteiger partial charge in [0.05, 0.1) is 7.11 Å². The van der Waals surface area contributed by atoms with Crippen LogP contribution in [0.2, 0.25) is 0 Å². The van der Waals surface area contributed by atoms with Gasteiger partial charge in [0.15, 0.2) is 0 Å². The molecule has 4 heteroatoms. The lowest BCUT2D eigenvalue weighted by Crippen LogP contribution is -2.36. The molecule has 0 fully saturated rings. The van der Waals surface area contributed by atoms with Gasteiger partial charge in [-0.3, -0.25) is 0 Å². The van der Waals surface area contributed by atoms with E-state index in [0.717, 1.165) is 0 Å². The minimum absolute atomic E-state index is 0.0920. The van der Waals surface area contributed by atoms with Crippen molar-refractivity contribution < 1.29 is 14.2 Å². The third kappa shape index (κ3) is 3.43. The van der Waals surface area contributed by atoms with E-state index in [0.29, 0.717) is 11.3 Å². The first kappa shape index (κ1) is 14.9. The van der Waals surface area contributed by atoms with Gasteiger partial charge in [0.2, 0.25) is 0 Å². The summed E-state index contributed by atoms with van der Waals surface area (Å²) in [6.45, 7) is 5.92. The molecule has 1 aromatic rings. The summed E-state index contributed by atoms with van der Waals surface area (Å²) in [6, 6.07) is 4.72. The first-order valence-corrected chi connectivity index (χ1v) is 6.20. The summed E-state index contributed by atoms with van der Waals surface area (Å²) in [5, 5.41) is 12.4. The van der Waals surface area contributed by atoms with Gasteiger partial charge in [0, 0.05) is 24.3 Å². The van der Waals surface area contributed by atoms with Crippen LogP contribution in [0.4, 0.5) is 4.39 Å². The summed E-state index contributed by atoms with van der Waals surface area (Å²) in [5.41, 5.74) is 0.525. The van der Waals surface area contributed by atoms with Crippen LogP contribution in [0, 0.1) is 11.7 Å². The Bertz CT molecular complexity index is 384. The van der Waals surface area contributed by atoms with E-state index in [9.17, 15) is 4.39 Å². The van der Waals surface area contributed by atoms with E-state index in [1.54, 1.807) is 12.1 Å². The number of benzene rings is 1. The Balaban J connectivity index is 2.87. The molecule has 1 aromatic carbocycles. The highest BCUT2D eigenvalue weighted by atomic mass is 19.1. The van der Waals surface area contributed by atoms with Crippen molar-refractivity contribution in [1.29, 1.82) is 0 Å². The minimum atomic E-state index is -0.279. The van der Waals surface area contributed by atoms with Crippen molar-refractivity contribution >= 4 is 0 Å². The lowest BCUT2D eigenvalue weighted by atomic mass is 10.0. The molecule has 0 saturated heterocycles. The lowest BCUT2D eigenvalue weighted by molar-refractivity contribution is 0.201. The Hall–Kier alpha value is -1.13. The zero-order valence-electron chi connectivity index (χ0n) is 11.4. The summed E-state index contributed by atoms with van der Waals surface area (Å²) >= 11 is 0. The highest BCUT2D eigenvalue weighted by molar-refractivity contribution is 5.36. The second-order valence-corrected chi connectivity index (χ2v) is 4.69. The summed E-state index contributed by atoms with van der Waals surface area (Å²) in [5.74, 6) is 0.377. The van der Waals surface area contributed by atoms with E-state index < -0.39 is 0 Å². The van der Waals surface area contributed by atoms with E-state index in [1.165, 1.54) is 13.2 Å². The average molecular weight is 255 g/mol. The molecule has 0 bridgehead atoms. The van der Waals surface area contributed by atoms with E-state index >= 15 is 0 Å². The van der Waals surface area contributed by atoms with Gasteiger partial charge in [-0.15, -0.1) is 0 Å². The molecule has 2 N–H and O–H groups in total. The zero-order valence-corrected chi connectivity index (χ0v) is 11.4. The maximum absolute atomic E-state index is 13.9. The number of methoxy groups -OCH3 is 1. The van der Waals surface area contributed by atoms with Crippen molar-refractivity contribution in [2.45, 2.75) is 32.9 Å². The largest absolute Gasteiger partial charge is 0.496 e. The van der Waals surface area contributed by atoms with Gasteiger partial charge >= 0.3 is 0 Å². The standard InChI is InChI=1S/C14H22FNO2/c1-9(8-17)10(2)16-11(3)14-12(15)6-5-7-13(14)18-4/h5-7,9-11,16-17H,8H2,1-4H3. The second kappa shape index (κ2) is 6.71. The molecule has 0 radical (unpaired) electrons. The van der Waals surface area contributed by atoms with Gasteiger partial charge in [-0.1, -0.05) is 13.0 Å². The normalized spacial score (nSPS) is 16.1. The van der Waals surface area contributed by atoms with Gasteiger partial charge in [-0.25, -0.2) is 4.39 Å². The predicted octanol–water partition coefficient (Wildman–Crippen LogP) is 2.50. The van der Waals surface area contributed by atoms with Crippen molar-refractivity contribution in [2.75, 3.05) is 13.7 Å². The smallest absolute Gasteiger partial charge is 0.131 e. The van der Waals surface area contributed by atoms with Crippen LogP contribution >= 0.6 is 0 Å². The van der Waals surface area contributed by atoms with Crippen LogP contribution in [0.3, 0.4) is 0 Å². The Labute approximate surface area is 108 Å². The maximum atomic E-state index is 13.9. The zero-order chi connectivity index (χ0) is 13.7. The van der Waals surface area contributed by atoms with E-state index in [4.69, 9.17) is 9.84 Å². The molecule has 0 aliphatic heterocycles. The molecule has 0 aliphatic carbocycles. The number of hydrogen-bond donors (Lipinski definition) is 2. The number of halogens is 1. The number of ether oxygens (including phenoxy) is 1. The highest BCUT2D eigenvalue weighted by Gasteiger charge is 2.20. The molecule has 3 nitrogen and oxygen atoms in total. The summed E-state index contributed by atoms with van der Waals surface area (Å²) < 4.78 is 19.0. The Kier molecular flexibility index (Phi) is 5.56. The Morgan fingerprint density at radius 1 is 1.33 bits per heavy atom. The minimum Gasteiger partial charge on any atom is -0.496 e. The quantitative estimate of drug-likeness (QED) is 0.820. The van der Waals surface area contributed by atoms with Crippen LogP contribution in [0.15, 0.2) is 18.2 Å². The van der Waals surface area contributed by atoms with Crippen molar-refractivity contribution in [3.05, 3.63) is 29.6 Å². The molecule has 1 rings (SSSR count). The number of rotatable bonds is 6. The van der Waals surface area contributed by atoms with Crippen LogP contribution in [-0.4, -0.2) is 24.9 Å². The number of aliphatic hydroxyl groups is 1. The second-order valence-electron chi connectivity index (χ2n) is 4.69. The summed E-state index contributed by atoms with van der Waals surface area (Å²) in [6.07, 6.45) is 0. The van der Waals surface area contributed by atoms with Crippen LogP contribution in [0.25, 0.3) is 0 Å². The van der Waals surface area contributed by atoms with Gasteiger partial charge in [-0.2, -0.15) is 0 Å². The molecular weight excluding hydrogens is 233 g/mol. The first-order valence-electron chi connectivity index (χ1n) is 6.20. The van der Waals surface area contributed by atoms with Crippen LogP contribution in [-0.2, 0) is 0 Å². The molecule has 0 aliphatic rings. The molecule has 0 spiro atoms. The fraction of sp³-hybridized carbons (Fsp3) is 0.571. The van der Waals surface area contributed by atoms with Gasteiger partial charge in [0.1, 0.15) is 11.6 Å². The molecule has 18 heavy (non-hydrogen) atoms. The molecule has 3 unspecified atom stereocenters. The molecular formula is C14H22FNO2. The van der Waals surface area contributed by atoms with Crippen molar-refractivity contribution in [3.8, 4) is 5.75 Å². The number of hydrogen-bond acceptors (Lipinski definition) is 3. The third-order valence-corrected chi connectivity index (χ3v) is 3.32. The summed E-state index contributed by atoms with van der Waals surface area (Å²) in [4.78, 5) is 0. The topological polar surface area (TPSA) is 41.5 Å². The van der Waals surface area contributed by atoms with Crippen molar-refractivity contribution in [1.82, 2.24) is 5.32 Å². The monoisotopic (exact) mass is 255 g/mol. The molecule has 0 saturated carbocycles. The van der Waals surface area contributed by atoms with Gasteiger partial charge < -0.3 is 15.2 Å². The van der Waals surface area contributed by atoms with Gasteiger partial charge in [-0.05, 0) is 31.9 Å². The van der Waals surface area contributed by atoms with E-state index in [1.807, 2.05) is 20.8 Å². The SMILES string of the molecule is COc1cccc(F)c1C(C)NC(C)C(C)CO. The molecule has 102 valence electrons. The van der Waals surface area contributed by atoms with Gasteiger partial charge in [0.25, 0.3) is 0 Å². The maximum Gasteiger partial charge on any atom is 0.131 e. The Morgan fingerprint density at radius 3 is 2.56 bits per heavy atom. The molecule has 0 heterocycles. The lowest BCUT2D eigenvalue weighted by Gasteiger charge is -2.25. The number of nitrogens with one attached hydrogen (secondary N) is 1. The fourth-order valence-corrected chi connectivity index (χ4v) is 1.92. The third-order valence-electron chi connectivity index (χ3n) is 3.32. The fourth-order valence-electron chi connectivity index (χ4n) is 1.92. The van der Waals surface area contributed by atoms with Crippen LogP contribution in [0.5, 0.6) is 5.75 Å². The summed E-state index contributed by atoms with van der Waals surface area (Å²) in [7, 11) is 1.53. The highest BCUT2D eigenvalue weighted by Crippen LogP contribution is 2.28. The predicted molar refractivity (Wildman–Crippen MR) is 70.2 cm³/mol. The average Bonchev–Trinajstić information content (AvgIpc) is 2.36. The first-order chi connectivity index (χ1) is 8.51. The molecule has 3 atom stereocenters. The molecule has 0 aromatic heterocycles. The molecule has 0 amide bonds. The van der Waals surface area contributed by atoms with E-state index in [2.05, 4.69) is 5.32 Å². The van der Waals surface area contributed by atoms with Crippen LogP contribution in [0.1, 0.15) is 32.4 Å². The van der Waals surface area contributed by atoms with E-state index in [-0.39, 0.29) is 30.4 Å². The Morgan fingerprint density at radius 2 is 2.00 bits per heavy atom. The van der Waals surface area contributed by atoms with Crippen LogP contribution < -0.4 is 10.1 Å².